The topological polar surface area (TPSA) is 47.9 Å². The molecule has 2 rings (SSSR count). The van der Waals surface area contributed by atoms with E-state index in [4.69, 9.17) is 9.47 Å². The minimum Gasteiger partial charge on any atom is -0.497 e. The molecule has 0 spiro atoms. The molecule has 0 unspecified atom stereocenters. The second-order valence-corrected chi connectivity index (χ2v) is 6.86. The molecule has 4 heteroatoms. The number of esters is 1. The second-order valence-electron chi connectivity index (χ2n) is 6.86. The summed E-state index contributed by atoms with van der Waals surface area (Å²) in [5.74, 6) is 0.577. The monoisotopic (exact) mass is 393 g/mol. The van der Waals surface area contributed by atoms with Crippen molar-refractivity contribution in [2.75, 3.05) is 20.3 Å². The first-order chi connectivity index (χ1) is 14.2. The number of aryl methyl sites for hydroxylation is 1. The van der Waals surface area contributed by atoms with Gasteiger partial charge in [0, 0.05) is 18.8 Å². The zero-order valence-electron chi connectivity index (χ0n) is 17.5. The Morgan fingerprint density at radius 2 is 1.69 bits per heavy atom. The Labute approximate surface area is 174 Å². The number of rotatable bonds is 12. The lowest BCUT2D eigenvalue weighted by Gasteiger charge is -2.02. The summed E-state index contributed by atoms with van der Waals surface area (Å²) in [6, 6.07) is 16.2. The predicted octanol–water partition coefficient (Wildman–Crippen LogP) is 5.49. The zero-order valence-corrected chi connectivity index (χ0v) is 17.5. The Morgan fingerprint density at radius 3 is 2.38 bits per heavy atom. The molecule has 0 amide bonds. The van der Waals surface area contributed by atoms with Crippen molar-refractivity contribution < 1.29 is 14.3 Å². The number of aliphatic imine (C=N–C) groups is 1. The van der Waals surface area contributed by atoms with Crippen LogP contribution < -0.4 is 4.74 Å². The summed E-state index contributed by atoms with van der Waals surface area (Å²) >= 11 is 0. The van der Waals surface area contributed by atoms with Crippen molar-refractivity contribution in [2.24, 2.45) is 4.99 Å². The predicted molar refractivity (Wildman–Crippen MR) is 120 cm³/mol. The molecule has 0 radical (unpaired) electrons. The van der Waals surface area contributed by atoms with Gasteiger partial charge in [0.05, 0.1) is 13.7 Å². The van der Waals surface area contributed by atoms with E-state index in [0.29, 0.717) is 6.61 Å². The molecule has 29 heavy (non-hydrogen) atoms. The van der Waals surface area contributed by atoms with Gasteiger partial charge in [-0.3, -0.25) is 4.99 Å². The molecule has 154 valence electrons. The highest BCUT2D eigenvalue weighted by molar-refractivity contribution is 5.87. The molecule has 2 aromatic rings. The average Bonchev–Trinajstić information content (AvgIpc) is 2.76. The molecule has 0 heterocycles. The van der Waals surface area contributed by atoms with Crippen LogP contribution in [0.3, 0.4) is 0 Å². The van der Waals surface area contributed by atoms with E-state index in [9.17, 15) is 4.79 Å². The number of carbonyl (C=O) groups excluding carboxylic acids is 1. The van der Waals surface area contributed by atoms with Crippen LogP contribution in [-0.4, -0.2) is 32.4 Å². The number of hydrogen-bond donors (Lipinski definition) is 0. The van der Waals surface area contributed by atoms with Gasteiger partial charge >= 0.3 is 5.97 Å². The minimum absolute atomic E-state index is 0.280. The lowest BCUT2D eigenvalue weighted by Crippen LogP contribution is -2.01. The first kappa shape index (κ1) is 22.4. The van der Waals surface area contributed by atoms with Crippen LogP contribution in [-0.2, 0) is 16.0 Å². The molecule has 0 aromatic heterocycles. The number of carbonyl (C=O) groups is 1. The summed E-state index contributed by atoms with van der Waals surface area (Å²) in [4.78, 5) is 16.1. The maximum atomic E-state index is 11.6. The van der Waals surface area contributed by atoms with E-state index in [0.717, 1.165) is 55.5 Å². The van der Waals surface area contributed by atoms with Gasteiger partial charge in [-0.25, -0.2) is 4.79 Å². The third-order valence-electron chi connectivity index (χ3n) is 4.49. The summed E-state index contributed by atoms with van der Waals surface area (Å²) in [6.45, 7) is 3.39. The van der Waals surface area contributed by atoms with Crippen molar-refractivity contribution in [1.82, 2.24) is 0 Å². The molecule has 2 aromatic carbocycles. The Kier molecular flexibility index (Phi) is 10.3. The number of methoxy groups -OCH3 is 1. The molecule has 0 bridgehead atoms. The lowest BCUT2D eigenvalue weighted by atomic mass is 10.1. The van der Waals surface area contributed by atoms with Crippen LogP contribution in [0.4, 0.5) is 0 Å². The molecular weight excluding hydrogens is 362 g/mol. The maximum Gasteiger partial charge on any atom is 0.330 e. The van der Waals surface area contributed by atoms with Crippen LogP contribution in [0.1, 0.15) is 49.3 Å². The summed E-state index contributed by atoms with van der Waals surface area (Å²) < 4.78 is 10.3. The third-order valence-corrected chi connectivity index (χ3v) is 4.49. The van der Waals surface area contributed by atoms with Crippen LogP contribution in [0.2, 0.25) is 0 Å². The molecule has 0 fully saturated rings. The van der Waals surface area contributed by atoms with Crippen molar-refractivity contribution in [3.63, 3.8) is 0 Å². The first-order valence-corrected chi connectivity index (χ1v) is 10.3. The largest absolute Gasteiger partial charge is 0.497 e. The normalized spacial score (nSPS) is 11.2. The molecule has 0 atom stereocenters. The Balaban J connectivity index is 1.65. The highest BCUT2D eigenvalue weighted by atomic mass is 16.5. The third kappa shape index (κ3) is 9.24. The fourth-order valence-electron chi connectivity index (χ4n) is 2.72. The fourth-order valence-corrected chi connectivity index (χ4v) is 2.72. The van der Waals surface area contributed by atoms with Gasteiger partial charge in [-0.2, -0.15) is 0 Å². The first-order valence-electron chi connectivity index (χ1n) is 10.3. The van der Waals surface area contributed by atoms with Crippen LogP contribution in [0.25, 0.3) is 6.08 Å². The van der Waals surface area contributed by atoms with Crippen molar-refractivity contribution >= 4 is 18.3 Å². The SMILES string of the molecule is CCCCOC(=O)C=Cc1ccc(CCCCN=Cc2ccc(OC)cc2)cc1. The van der Waals surface area contributed by atoms with Gasteiger partial charge in [0.15, 0.2) is 0 Å². The van der Waals surface area contributed by atoms with Crippen LogP contribution in [0.5, 0.6) is 5.75 Å². The van der Waals surface area contributed by atoms with Crippen LogP contribution in [0.15, 0.2) is 59.6 Å². The van der Waals surface area contributed by atoms with Gasteiger partial charge in [-0.05, 0) is 72.7 Å². The summed E-state index contributed by atoms with van der Waals surface area (Å²) in [5, 5.41) is 0. The second kappa shape index (κ2) is 13.3. The minimum atomic E-state index is -0.280. The van der Waals surface area contributed by atoms with Crippen molar-refractivity contribution in [1.29, 1.82) is 0 Å². The smallest absolute Gasteiger partial charge is 0.330 e. The fraction of sp³-hybridized carbons (Fsp3) is 0.360. The molecule has 0 N–H and O–H groups in total. The van der Waals surface area contributed by atoms with Crippen molar-refractivity contribution in [2.45, 2.75) is 39.0 Å². The summed E-state index contributed by atoms with van der Waals surface area (Å²) in [6.07, 6.45) is 10.3. The molecule has 0 aliphatic heterocycles. The molecule has 0 aliphatic rings. The number of nitrogens with zero attached hydrogens (tertiary/aromatic N) is 1. The van der Waals surface area contributed by atoms with Gasteiger partial charge < -0.3 is 9.47 Å². The summed E-state index contributed by atoms with van der Waals surface area (Å²) in [5.41, 5.74) is 3.39. The molecule has 0 saturated carbocycles. The molecule has 4 nitrogen and oxygen atoms in total. The van der Waals surface area contributed by atoms with E-state index in [2.05, 4.69) is 24.0 Å². The van der Waals surface area contributed by atoms with Gasteiger partial charge in [-0.15, -0.1) is 0 Å². The number of benzene rings is 2. The van der Waals surface area contributed by atoms with E-state index in [1.165, 1.54) is 11.6 Å². The van der Waals surface area contributed by atoms with Gasteiger partial charge in [0.2, 0.25) is 0 Å². The highest BCUT2D eigenvalue weighted by Gasteiger charge is 1.97. The van der Waals surface area contributed by atoms with E-state index in [-0.39, 0.29) is 5.97 Å². The number of ether oxygens (including phenoxy) is 2. The lowest BCUT2D eigenvalue weighted by molar-refractivity contribution is -0.137. The number of unbranched alkanes of at least 4 members (excludes halogenated alkanes) is 2. The zero-order chi connectivity index (χ0) is 20.7. The van der Waals surface area contributed by atoms with Crippen molar-refractivity contribution in [3.05, 3.63) is 71.3 Å². The Bertz CT molecular complexity index is 777. The van der Waals surface area contributed by atoms with Crippen LogP contribution >= 0.6 is 0 Å². The van der Waals surface area contributed by atoms with Crippen molar-refractivity contribution in [3.8, 4) is 5.75 Å². The highest BCUT2D eigenvalue weighted by Crippen LogP contribution is 2.11. The number of hydrogen-bond acceptors (Lipinski definition) is 4. The molecular formula is C25H31NO3. The van der Waals surface area contributed by atoms with Gasteiger partial charge in [-0.1, -0.05) is 37.6 Å². The van der Waals surface area contributed by atoms with E-state index < -0.39 is 0 Å². The van der Waals surface area contributed by atoms with Gasteiger partial charge in [0.1, 0.15) is 5.75 Å². The van der Waals surface area contributed by atoms with Crippen LogP contribution in [0, 0.1) is 0 Å². The molecule has 0 aliphatic carbocycles. The maximum absolute atomic E-state index is 11.6. The quantitative estimate of drug-likeness (QED) is 0.207. The summed E-state index contributed by atoms with van der Waals surface area (Å²) in [7, 11) is 1.67. The van der Waals surface area contributed by atoms with E-state index in [1.54, 1.807) is 13.2 Å². The average molecular weight is 394 g/mol. The molecule has 0 saturated heterocycles. The van der Waals surface area contributed by atoms with Gasteiger partial charge in [0.25, 0.3) is 0 Å². The standard InChI is InChI=1S/C25H31NO3/c1-3-4-19-29-25(27)17-14-22-10-8-21(9-11-22)7-5-6-18-26-20-23-12-15-24(28-2)16-13-23/h8-17,20H,3-7,18-19H2,1-2H3. The Morgan fingerprint density at radius 1 is 0.966 bits per heavy atom. The van der Waals surface area contributed by atoms with E-state index in [1.807, 2.05) is 42.6 Å². The Hall–Kier alpha value is -2.88. The van der Waals surface area contributed by atoms with E-state index >= 15 is 0 Å².